The predicted octanol–water partition coefficient (Wildman–Crippen LogP) is 2.88. The molecule has 5 heteroatoms. The van der Waals surface area contributed by atoms with Crippen LogP contribution in [0.5, 0.6) is 5.75 Å². The van der Waals surface area contributed by atoms with Gasteiger partial charge >= 0.3 is 0 Å². The third kappa shape index (κ3) is 3.79. The lowest BCUT2D eigenvalue weighted by Gasteiger charge is -2.42. The van der Waals surface area contributed by atoms with Gasteiger partial charge in [-0.25, -0.2) is 8.51 Å². The number of rotatable bonds is 4. The summed E-state index contributed by atoms with van der Waals surface area (Å²) in [6.45, 7) is 6.54. The first kappa shape index (κ1) is 17.8. The van der Waals surface area contributed by atoms with E-state index in [1.807, 2.05) is 24.3 Å². The molecule has 1 aromatic rings. The fourth-order valence-corrected chi connectivity index (χ4v) is 5.49. The summed E-state index contributed by atoms with van der Waals surface area (Å²) in [5.41, 5.74) is 0. The summed E-state index contributed by atoms with van der Waals surface area (Å²) in [6.07, 6.45) is 4.82. The topological polar surface area (TPSA) is 32.8 Å². The zero-order valence-corrected chi connectivity index (χ0v) is 15.8. The molecule has 0 amide bonds. The molecule has 1 unspecified atom stereocenters. The normalized spacial score (nSPS) is 24.6. The van der Waals surface area contributed by atoms with Crippen LogP contribution >= 0.6 is 0 Å². The number of benzene rings is 1. The summed E-state index contributed by atoms with van der Waals surface area (Å²) < 4.78 is 20.5. The van der Waals surface area contributed by atoms with Crippen molar-refractivity contribution < 1.29 is 8.95 Å². The molecule has 1 atom stereocenters. The molecule has 24 heavy (non-hydrogen) atoms. The average Bonchev–Trinajstić information content (AvgIpc) is 2.62. The summed E-state index contributed by atoms with van der Waals surface area (Å²) >= 11 is 0. The molecule has 2 aliphatic heterocycles. The summed E-state index contributed by atoms with van der Waals surface area (Å²) in [7, 11) is -0.749. The van der Waals surface area contributed by atoms with Gasteiger partial charge in [0.05, 0.1) is 16.8 Å². The number of hydrogen-bond acceptors (Lipinski definition) is 3. The van der Waals surface area contributed by atoms with Crippen LogP contribution in [0.4, 0.5) is 0 Å². The predicted molar refractivity (Wildman–Crippen MR) is 101 cm³/mol. The van der Waals surface area contributed by atoms with Crippen molar-refractivity contribution in [2.45, 2.75) is 43.5 Å². The standard InChI is InChI=1S/C19H30N2O2S/c1-16-8-12-20(13-9-16)17-10-14-21(15-11-17)24(3,22)19-6-4-18(23-2)5-7-19/h4-7,16-17H,3,8-15H2,1-2H3. The van der Waals surface area contributed by atoms with Gasteiger partial charge in [-0.05, 0) is 74.8 Å². The van der Waals surface area contributed by atoms with Crippen LogP contribution < -0.4 is 4.74 Å². The van der Waals surface area contributed by atoms with E-state index in [0.29, 0.717) is 6.04 Å². The van der Waals surface area contributed by atoms with Crippen LogP contribution in [0.2, 0.25) is 0 Å². The van der Waals surface area contributed by atoms with Crippen molar-refractivity contribution in [3.63, 3.8) is 0 Å². The maximum absolute atomic E-state index is 13.2. The summed E-state index contributed by atoms with van der Waals surface area (Å²) in [6, 6.07) is 8.14. The second kappa shape index (κ2) is 7.46. The lowest BCUT2D eigenvalue weighted by atomic mass is 9.95. The molecule has 2 saturated heterocycles. The van der Waals surface area contributed by atoms with Gasteiger partial charge in [-0.1, -0.05) is 6.92 Å². The number of piperidine rings is 2. The highest BCUT2D eigenvalue weighted by atomic mass is 32.2. The zero-order chi connectivity index (χ0) is 17.2. The Morgan fingerprint density at radius 1 is 1.04 bits per heavy atom. The summed E-state index contributed by atoms with van der Waals surface area (Å²) in [5.74, 6) is 5.72. The SMILES string of the molecule is C=S(=O)(c1ccc(OC)cc1)N1CCC(N2CCC(C)CC2)CC1. The van der Waals surface area contributed by atoms with Crippen molar-refractivity contribution in [1.29, 1.82) is 0 Å². The van der Waals surface area contributed by atoms with Gasteiger partial charge in [-0.3, -0.25) is 0 Å². The largest absolute Gasteiger partial charge is 0.497 e. The molecule has 0 N–H and O–H groups in total. The molecule has 2 fully saturated rings. The molecule has 0 saturated carbocycles. The molecule has 2 aliphatic rings. The molecule has 134 valence electrons. The monoisotopic (exact) mass is 350 g/mol. The Morgan fingerprint density at radius 3 is 2.17 bits per heavy atom. The van der Waals surface area contributed by atoms with Gasteiger partial charge < -0.3 is 9.64 Å². The number of methoxy groups -OCH3 is 1. The van der Waals surface area contributed by atoms with Gasteiger partial charge in [0.15, 0.2) is 0 Å². The van der Waals surface area contributed by atoms with Crippen molar-refractivity contribution in [3.8, 4) is 5.75 Å². The van der Waals surface area contributed by atoms with E-state index >= 15 is 0 Å². The lowest BCUT2D eigenvalue weighted by Crippen LogP contribution is -2.48. The fraction of sp³-hybridized carbons (Fsp3) is 0.632. The Kier molecular flexibility index (Phi) is 5.52. The van der Waals surface area contributed by atoms with E-state index in [1.54, 1.807) is 7.11 Å². The van der Waals surface area contributed by atoms with E-state index in [0.717, 1.165) is 42.5 Å². The van der Waals surface area contributed by atoms with E-state index in [2.05, 4.69) is 22.0 Å². The van der Waals surface area contributed by atoms with Crippen LogP contribution in [0.3, 0.4) is 0 Å². The van der Waals surface area contributed by atoms with E-state index in [1.165, 1.54) is 25.9 Å². The summed E-state index contributed by atoms with van der Waals surface area (Å²) in [4.78, 5) is 3.45. The minimum atomic E-state index is -2.39. The van der Waals surface area contributed by atoms with E-state index in [4.69, 9.17) is 4.74 Å². The Morgan fingerprint density at radius 2 is 1.62 bits per heavy atom. The van der Waals surface area contributed by atoms with Gasteiger partial charge in [-0.15, -0.1) is 0 Å². The van der Waals surface area contributed by atoms with Crippen LogP contribution in [0.25, 0.3) is 0 Å². The molecular formula is C19H30N2O2S. The fourth-order valence-electron chi connectivity index (χ4n) is 3.83. The van der Waals surface area contributed by atoms with E-state index < -0.39 is 9.71 Å². The van der Waals surface area contributed by atoms with E-state index in [-0.39, 0.29) is 0 Å². The minimum absolute atomic E-state index is 0.653. The van der Waals surface area contributed by atoms with Crippen LogP contribution in [-0.2, 0) is 9.71 Å². The third-order valence-electron chi connectivity index (χ3n) is 5.60. The molecule has 1 aromatic carbocycles. The first-order chi connectivity index (χ1) is 11.5. The first-order valence-corrected chi connectivity index (χ1v) is 10.7. The zero-order valence-electron chi connectivity index (χ0n) is 14.9. The van der Waals surface area contributed by atoms with Gasteiger partial charge in [0.25, 0.3) is 0 Å². The van der Waals surface area contributed by atoms with Gasteiger partial charge in [0.2, 0.25) is 0 Å². The Hall–Kier alpha value is -1.04. The highest BCUT2D eigenvalue weighted by Crippen LogP contribution is 2.27. The van der Waals surface area contributed by atoms with Crippen molar-refractivity contribution in [2.75, 3.05) is 33.3 Å². The molecule has 0 radical (unpaired) electrons. The number of likely N-dealkylation sites (tertiary alicyclic amines) is 1. The maximum atomic E-state index is 13.2. The Labute approximate surface area is 146 Å². The van der Waals surface area contributed by atoms with Gasteiger partial charge in [-0.2, -0.15) is 0 Å². The van der Waals surface area contributed by atoms with Crippen molar-refractivity contribution in [2.24, 2.45) is 5.92 Å². The molecule has 0 bridgehead atoms. The highest BCUT2D eigenvalue weighted by molar-refractivity contribution is 7.98. The van der Waals surface area contributed by atoms with Gasteiger partial charge in [0, 0.05) is 24.0 Å². The third-order valence-corrected chi connectivity index (χ3v) is 7.81. The number of ether oxygens (including phenoxy) is 1. The average molecular weight is 351 g/mol. The first-order valence-electron chi connectivity index (χ1n) is 9.01. The quantitative estimate of drug-likeness (QED) is 0.783. The van der Waals surface area contributed by atoms with Crippen LogP contribution in [0.1, 0.15) is 32.6 Å². The summed E-state index contributed by atoms with van der Waals surface area (Å²) in [5, 5.41) is 0. The van der Waals surface area contributed by atoms with Crippen molar-refractivity contribution in [3.05, 3.63) is 24.3 Å². The lowest BCUT2D eigenvalue weighted by molar-refractivity contribution is 0.102. The van der Waals surface area contributed by atoms with Crippen molar-refractivity contribution in [1.82, 2.24) is 9.21 Å². The molecule has 4 nitrogen and oxygen atoms in total. The molecule has 2 heterocycles. The number of hydrogen-bond donors (Lipinski definition) is 0. The Balaban J connectivity index is 1.60. The molecular weight excluding hydrogens is 320 g/mol. The molecule has 0 aliphatic carbocycles. The minimum Gasteiger partial charge on any atom is -0.497 e. The van der Waals surface area contributed by atoms with Crippen LogP contribution in [0, 0.1) is 5.92 Å². The van der Waals surface area contributed by atoms with Crippen molar-refractivity contribution >= 4 is 15.6 Å². The second-order valence-electron chi connectivity index (χ2n) is 7.19. The smallest absolute Gasteiger partial charge is 0.118 e. The van der Waals surface area contributed by atoms with Crippen LogP contribution in [0.15, 0.2) is 29.2 Å². The Bertz CT molecular complexity index is 626. The van der Waals surface area contributed by atoms with Gasteiger partial charge in [0.1, 0.15) is 5.75 Å². The van der Waals surface area contributed by atoms with Crippen LogP contribution in [-0.4, -0.2) is 58.6 Å². The molecule has 0 spiro atoms. The highest BCUT2D eigenvalue weighted by Gasteiger charge is 2.30. The maximum Gasteiger partial charge on any atom is 0.118 e. The van der Waals surface area contributed by atoms with E-state index in [9.17, 15) is 4.21 Å². The molecule has 3 rings (SSSR count). The second-order valence-corrected chi connectivity index (χ2v) is 9.46. The number of nitrogens with zero attached hydrogens (tertiary/aromatic N) is 2. The molecule has 0 aromatic heterocycles.